The Morgan fingerprint density at radius 2 is 1.79 bits per heavy atom. The lowest BCUT2D eigenvalue weighted by molar-refractivity contribution is 0.0298. The van der Waals surface area contributed by atoms with Crippen molar-refractivity contribution in [2.24, 2.45) is 0 Å². The number of hydrogen-bond acceptors (Lipinski definition) is 4. The third-order valence-corrected chi connectivity index (χ3v) is 4.01. The van der Waals surface area contributed by atoms with Gasteiger partial charge in [0.15, 0.2) is 0 Å². The molecule has 2 aromatic rings. The van der Waals surface area contributed by atoms with Crippen LogP contribution in [0, 0.1) is 0 Å². The molecule has 1 saturated heterocycles. The van der Waals surface area contributed by atoms with Crippen molar-refractivity contribution in [3.8, 4) is 0 Å². The summed E-state index contributed by atoms with van der Waals surface area (Å²) >= 11 is 0. The van der Waals surface area contributed by atoms with Crippen LogP contribution < -0.4 is 5.48 Å². The highest BCUT2D eigenvalue weighted by Crippen LogP contribution is 2.07. The molecule has 1 fully saturated rings. The van der Waals surface area contributed by atoms with E-state index in [9.17, 15) is 4.79 Å². The number of pyridine rings is 1. The molecule has 3 rings (SSSR count). The first-order chi connectivity index (χ1) is 11.8. The van der Waals surface area contributed by atoms with Crippen LogP contribution in [0.2, 0.25) is 0 Å². The first-order valence-corrected chi connectivity index (χ1v) is 8.14. The van der Waals surface area contributed by atoms with Crippen LogP contribution in [0.5, 0.6) is 0 Å². The minimum absolute atomic E-state index is 0.177. The number of amides is 2. The first kappa shape index (κ1) is 16.4. The van der Waals surface area contributed by atoms with Crippen molar-refractivity contribution in [1.29, 1.82) is 0 Å². The smallest absolute Gasteiger partial charge is 0.320 e. The maximum atomic E-state index is 12.1. The summed E-state index contributed by atoms with van der Waals surface area (Å²) < 4.78 is 0. The summed E-state index contributed by atoms with van der Waals surface area (Å²) in [5.74, 6) is 0. The van der Waals surface area contributed by atoms with Crippen LogP contribution in [0.25, 0.3) is 0 Å². The minimum atomic E-state index is -0.177. The lowest BCUT2D eigenvalue weighted by Gasteiger charge is -2.34. The molecule has 0 radical (unpaired) electrons. The molecule has 2 heterocycles. The molecule has 126 valence electrons. The summed E-state index contributed by atoms with van der Waals surface area (Å²) in [7, 11) is 0. The zero-order chi connectivity index (χ0) is 16.6. The van der Waals surface area contributed by atoms with Gasteiger partial charge in [-0.25, -0.2) is 10.3 Å². The van der Waals surface area contributed by atoms with Crippen molar-refractivity contribution < 1.29 is 9.63 Å². The Morgan fingerprint density at radius 3 is 2.50 bits per heavy atom. The van der Waals surface area contributed by atoms with Crippen LogP contribution >= 0.6 is 0 Å². The summed E-state index contributed by atoms with van der Waals surface area (Å²) in [5.41, 5.74) is 4.60. The van der Waals surface area contributed by atoms with Crippen LogP contribution in [0.15, 0.2) is 54.7 Å². The Labute approximate surface area is 142 Å². The number of nitrogens with zero attached hydrogens (tertiary/aromatic N) is 3. The molecule has 0 unspecified atom stereocenters. The Balaban J connectivity index is 1.37. The molecule has 1 aromatic carbocycles. The number of carbonyl (C=O) groups is 1. The van der Waals surface area contributed by atoms with Crippen molar-refractivity contribution >= 4 is 6.03 Å². The Kier molecular flexibility index (Phi) is 5.76. The number of rotatable bonds is 5. The van der Waals surface area contributed by atoms with Crippen LogP contribution in [0.3, 0.4) is 0 Å². The second-order valence-corrected chi connectivity index (χ2v) is 5.77. The van der Waals surface area contributed by atoms with Crippen LogP contribution in [-0.2, 0) is 18.0 Å². The van der Waals surface area contributed by atoms with E-state index in [1.807, 2.05) is 54.7 Å². The molecule has 0 saturated carbocycles. The van der Waals surface area contributed by atoms with E-state index in [-0.39, 0.29) is 6.03 Å². The number of nitrogens with one attached hydrogen (secondary N) is 1. The van der Waals surface area contributed by atoms with Gasteiger partial charge in [-0.2, -0.15) is 0 Å². The standard InChI is InChI=1S/C18H22N4O2/c23-18(20-24-15-16-6-2-1-3-7-16)22-12-10-21(11-13-22)14-17-8-4-5-9-19-17/h1-9H,10-15H2,(H,20,23). The average molecular weight is 326 g/mol. The predicted molar refractivity (Wildman–Crippen MR) is 90.8 cm³/mol. The molecular formula is C18H22N4O2. The fourth-order valence-electron chi connectivity index (χ4n) is 2.65. The molecule has 1 aliphatic heterocycles. The number of carbonyl (C=O) groups excluding carboxylic acids is 1. The monoisotopic (exact) mass is 326 g/mol. The van der Waals surface area contributed by atoms with E-state index < -0.39 is 0 Å². The van der Waals surface area contributed by atoms with E-state index in [1.54, 1.807) is 4.90 Å². The zero-order valence-electron chi connectivity index (χ0n) is 13.6. The van der Waals surface area contributed by atoms with Gasteiger partial charge < -0.3 is 4.90 Å². The van der Waals surface area contributed by atoms with Crippen LogP contribution in [-0.4, -0.2) is 47.0 Å². The van der Waals surface area contributed by atoms with Crippen molar-refractivity contribution in [2.75, 3.05) is 26.2 Å². The van der Waals surface area contributed by atoms with Crippen LogP contribution in [0.4, 0.5) is 4.79 Å². The molecule has 6 heteroatoms. The predicted octanol–water partition coefficient (Wildman–Crippen LogP) is 2.04. The molecule has 24 heavy (non-hydrogen) atoms. The number of benzene rings is 1. The third kappa shape index (κ3) is 4.78. The van der Waals surface area contributed by atoms with Gasteiger partial charge in [0.1, 0.15) is 0 Å². The summed E-state index contributed by atoms with van der Waals surface area (Å²) in [5, 5.41) is 0. The average Bonchev–Trinajstić information content (AvgIpc) is 2.64. The minimum Gasteiger partial charge on any atom is -0.320 e. The lowest BCUT2D eigenvalue weighted by Crippen LogP contribution is -2.51. The molecule has 0 bridgehead atoms. The first-order valence-electron chi connectivity index (χ1n) is 8.14. The highest BCUT2D eigenvalue weighted by molar-refractivity contribution is 5.73. The maximum Gasteiger partial charge on any atom is 0.341 e. The molecular weight excluding hydrogens is 304 g/mol. The largest absolute Gasteiger partial charge is 0.341 e. The SMILES string of the molecule is O=C(NOCc1ccccc1)N1CCN(Cc2ccccn2)CC1. The van der Waals surface area contributed by atoms with Gasteiger partial charge in [-0.3, -0.25) is 14.7 Å². The summed E-state index contributed by atoms with van der Waals surface area (Å²) in [4.78, 5) is 25.8. The van der Waals surface area contributed by atoms with Gasteiger partial charge in [0.05, 0.1) is 12.3 Å². The van der Waals surface area contributed by atoms with Crippen molar-refractivity contribution in [3.63, 3.8) is 0 Å². The van der Waals surface area contributed by atoms with Gasteiger partial charge in [-0.15, -0.1) is 0 Å². The van der Waals surface area contributed by atoms with Gasteiger partial charge in [0, 0.05) is 38.9 Å². The summed E-state index contributed by atoms with van der Waals surface area (Å²) in [6.07, 6.45) is 1.81. The lowest BCUT2D eigenvalue weighted by atomic mass is 10.2. The van der Waals surface area contributed by atoms with Gasteiger partial charge in [0.2, 0.25) is 0 Å². The molecule has 1 N–H and O–H groups in total. The molecule has 6 nitrogen and oxygen atoms in total. The number of hydroxylamine groups is 1. The highest BCUT2D eigenvalue weighted by Gasteiger charge is 2.21. The Bertz CT molecular complexity index is 628. The second kappa shape index (κ2) is 8.42. The zero-order valence-corrected chi connectivity index (χ0v) is 13.6. The highest BCUT2D eigenvalue weighted by atomic mass is 16.7. The second-order valence-electron chi connectivity index (χ2n) is 5.77. The Hall–Kier alpha value is -2.44. The summed E-state index contributed by atoms with van der Waals surface area (Å²) in [6, 6.07) is 15.5. The molecule has 0 spiro atoms. The van der Waals surface area contributed by atoms with Crippen molar-refractivity contribution in [3.05, 3.63) is 66.0 Å². The fourth-order valence-corrected chi connectivity index (χ4v) is 2.65. The van der Waals surface area contributed by atoms with E-state index in [4.69, 9.17) is 4.84 Å². The van der Waals surface area contributed by atoms with E-state index in [2.05, 4.69) is 15.4 Å². The quantitative estimate of drug-likeness (QED) is 0.854. The normalized spacial score (nSPS) is 15.2. The van der Waals surface area contributed by atoms with Gasteiger partial charge in [-0.05, 0) is 17.7 Å². The Morgan fingerprint density at radius 1 is 1.04 bits per heavy atom. The van der Waals surface area contributed by atoms with Crippen molar-refractivity contribution in [1.82, 2.24) is 20.3 Å². The molecule has 0 atom stereocenters. The van der Waals surface area contributed by atoms with Gasteiger partial charge >= 0.3 is 6.03 Å². The fraction of sp³-hybridized carbons (Fsp3) is 0.333. The van der Waals surface area contributed by atoms with E-state index in [0.29, 0.717) is 19.7 Å². The topological polar surface area (TPSA) is 57.7 Å². The maximum absolute atomic E-state index is 12.1. The van der Waals surface area contributed by atoms with Gasteiger partial charge in [0.25, 0.3) is 0 Å². The number of aromatic nitrogens is 1. The molecule has 1 aromatic heterocycles. The third-order valence-electron chi connectivity index (χ3n) is 4.01. The van der Waals surface area contributed by atoms with E-state index in [1.165, 1.54) is 0 Å². The number of piperazine rings is 1. The molecule has 2 amide bonds. The number of urea groups is 1. The summed E-state index contributed by atoms with van der Waals surface area (Å²) in [6.45, 7) is 4.24. The molecule has 1 aliphatic rings. The number of hydrogen-bond donors (Lipinski definition) is 1. The van der Waals surface area contributed by atoms with Gasteiger partial charge in [-0.1, -0.05) is 36.4 Å². The van der Waals surface area contributed by atoms with E-state index >= 15 is 0 Å². The van der Waals surface area contributed by atoms with Crippen LogP contribution in [0.1, 0.15) is 11.3 Å². The van der Waals surface area contributed by atoms with E-state index in [0.717, 1.165) is 30.9 Å². The molecule has 0 aliphatic carbocycles. The van der Waals surface area contributed by atoms with Crippen molar-refractivity contribution in [2.45, 2.75) is 13.2 Å².